The summed E-state index contributed by atoms with van der Waals surface area (Å²) >= 11 is 0. The second kappa shape index (κ2) is 7.74. The fourth-order valence-corrected chi connectivity index (χ4v) is 3.02. The quantitative estimate of drug-likeness (QED) is 0.890. The summed E-state index contributed by atoms with van der Waals surface area (Å²) in [5.41, 5.74) is 3.00. The van der Waals surface area contributed by atoms with Gasteiger partial charge in [0.05, 0.1) is 0 Å². The number of para-hydroxylation sites is 1. The van der Waals surface area contributed by atoms with E-state index in [1.165, 1.54) is 5.56 Å². The van der Waals surface area contributed by atoms with Crippen LogP contribution in [0.15, 0.2) is 54.6 Å². The molecule has 0 aromatic heterocycles. The van der Waals surface area contributed by atoms with Crippen LogP contribution in [0.4, 0.5) is 5.69 Å². The van der Waals surface area contributed by atoms with Crippen molar-refractivity contribution >= 4 is 22.4 Å². The summed E-state index contributed by atoms with van der Waals surface area (Å²) in [6.45, 7) is 2.02. The van der Waals surface area contributed by atoms with E-state index in [-0.39, 0.29) is 12.3 Å². The van der Waals surface area contributed by atoms with Crippen molar-refractivity contribution in [2.24, 2.45) is 0 Å². The molecule has 0 saturated heterocycles. The van der Waals surface area contributed by atoms with Crippen LogP contribution in [0.25, 0.3) is 0 Å². The first-order chi connectivity index (χ1) is 10.1. The zero-order valence-corrected chi connectivity index (χ0v) is 12.9. The summed E-state index contributed by atoms with van der Waals surface area (Å²) in [5, 5.41) is 2.80. The molecule has 2 rings (SSSR count). The topological polar surface area (TPSA) is 46.2 Å². The fraction of sp³-hybridized carbons (Fsp3) is 0.235. The second-order valence-corrected chi connectivity index (χ2v) is 6.51. The number of anilines is 1. The van der Waals surface area contributed by atoms with Gasteiger partial charge in [0.15, 0.2) is 0 Å². The highest BCUT2D eigenvalue weighted by atomic mass is 32.2. The number of nitrogens with one attached hydrogen (secondary N) is 1. The van der Waals surface area contributed by atoms with Crippen molar-refractivity contribution in [1.82, 2.24) is 0 Å². The lowest BCUT2D eigenvalue weighted by atomic mass is 10.2. The minimum absolute atomic E-state index is 0.0987. The molecular formula is C17H19NO2S. The summed E-state index contributed by atoms with van der Waals surface area (Å²) in [6.07, 6.45) is 0.271. The number of carbonyl (C=O) groups excluding carboxylic acids is 1. The van der Waals surface area contributed by atoms with E-state index in [9.17, 15) is 9.00 Å². The van der Waals surface area contributed by atoms with Crippen molar-refractivity contribution < 1.29 is 9.00 Å². The van der Waals surface area contributed by atoms with E-state index in [2.05, 4.69) is 5.32 Å². The van der Waals surface area contributed by atoms with Crippen LogP contribution >= 0.6 is 0 Å². The molecule has 0 aliphatic heterocycles. The predicted molar refractivity (Wildman–Crippen MR) is 87.6 cm³/mol. The van der Waals surface area contributed by atoms with Gasteiger partial charge in [-0.25, -0.2) is 0 Å². The second-order valence-electron chi connectivity index (χ2n) is 4.94. The average Bonchev–Trinajstić information content (AvgIpc) is 2.49. The van der Waals surface area contributed by atoms with E-state index in [0.29, 0.717) is 11.5 Å². The number of amides is 1. The van der Waals surface area contributed by atoms with Crippen LogP contribution in [-0.4, -0.2) is 15.9 Å². The van der Waals surface area contributed by atoms with Crippen molar-refractivity contribution in [3.63, 3.8) is 0 Å². The van der Waals surface area contributed by atoms with Crippen LogP contribution in [0.5, 0.6) is 0 Å². The highest BCUT2D eigenvalue weighted by Gasteiger charge is 2.07. The molecule has 3 nitrogen and oxygen atoms in total. The Labute approximate surface area is 127 Å². The van der Waals surface area contributed by atoms with Crippen molar-refractivity contribution in [1.29, 1.82) is 0 Å². The van der Waals surface area contributed by atoms with Crippen molar-refractivity contribution in [3.05, 3.63) is 65.7 Å². The Kier molecular flexibility index (Phi) is 5.69. The summed E-state index contributed by atoms with van der Waals surface area (Å²) in [7, 11) is -1.02. The maximum Gasteiger partial charge on any atom is 0.225 e. The smallest absolute Gasteiger partial charge is 0.225 e. The molecule has 21 heavy (non-hydrogen) atoms. The van der Waals surface area contributed by atoms with E-state index >= 15 is 0 Å². The third-order valence-corrected chi connectivity index (χ3v) is 4.38. The van der Waals surface area contributed by atoms with E-state index in [1.807, 2.05) is 61.5 Å². The van der Waals surface area contributed by atoms with Crippen molar-refractivity contribution in [2.45, 2.75) is 19.1 Å². The lowest BCUT2D eigenvalue weighted by molar-refractivity contribution is -0.115. The van der Waals surface area contributed by atoms with Gasteiger partial charge in [-0.15, -0.1) is 0 Å². The molecule has 2 aromatic rings. The van der Waals surface area contributed by atoms with E-state index in [0.717, 1.165) is 11.3 Å². The lowest BCUT2D eigenvalue weighted by Gasteiger charge is -2.05. The zero-order valence-electron chi connectivity index (χ0n) is 12.0. The summed E-state index contributed by atoms with van der Waals surface area (Å²) in [6, 6.07) is 17.3. The minimum Gasteiger partial charge on any atom is -0.326 e. The highest BCUT2D eigenvalue weighted by molar-refractivity contribution is 7.84. The number of hydrogen-bond acceptors (Lipinski definition) is 2. The first-order valence-electron chi connectivity index (χ1n) is 6.89. The highest BCUT2D eigenvalue weighted by Crippen LogP contribution is 2.08. The van der Waals surface area contributed by atoms with Gasteiger partial charge in [-0.1, -0.05) is 48.0 Å². The van der Waals surface area contributed by atoms with Gasteiger partial charge in [0.25, 0.3) is 0 Å². The van der Waals surface area contributed by atoms with Gasteiger partial charge in [0, 0.05) is 34.4 Å². The monoisotopic (exact) mass is 301 g/mol. The molecule has 0 fully saturated rings. The van der Waals surface area contributed by atoms with Gasteiger partial charge in [0.2, 0.25) is 5.91 Å². The number of rotatable bonds is 6. The van der Waals surface area contributed by atoms with Crippen LogP contribution in [0.3, 0.4) is 0 Å². The third-order valence-electron chi connectivity index (χ3n) is 3.06. The van der Waals surface area contributed by atoms with Crippen LogP contribution in [0.2, 0.25) is 0 Å². The Hall–Kier alpha value is -1.94. The lowest BCUT2D eigenvalue weighted by Crippen LogP contribution is -2.15. The minimum atomic E-state index is -1.02. The molecular weight excluding hydrogens is 282 g/mol. The molecule has 0 aliphatic rings. The number of hydrogen-bond donors (Lipinski definition) is 1. The van der Waals surface area contributed by atoms with Gasteiger partial charge in [-0.2, -0.15) is 0 Å². The van der Waals surface area contributed by atoms with E-state index in [4.69, 9.17) is 0 Å². The first kappa shape index (κ1) is 15.4. The van der Waals surface area contributed by atoms with Crippen molar-refractivity contribution in [2.75, 3.05) is 11.1 Å². The van der Waals surface area contributed by atoms with E-state index in [1.54, 1.807) is 0 Å². The van der Waals surface area contributed by atoms with Crippen LogP contribution in [0.1, 0.15) is 17.5 Å². The number of carbonyl (C=O) groups is 1. The molecule has 2 aromatic carbocycles. The molecule has 1 atom stereocenters. The Morgan fingerprint density at radius 1 is 1.05 bits per heavy atom. The van der Waals surface area contributed by atoms with Crippen LogP contribution in [-0.2, 0) is 21.3 Å². The van der Waals surface area contributed by atoms with Crippen molar-refractivity contribution in [3.8, 4) is 0 Å². The summed E-state index contributed by atoms with van der Waals surface area (Å²) in [5.74, 6) is 0.782. The molecule has 0 spiro atoms. The normalized spacial score (nSPS) is 11.9. The SMILES string of the molecule is Cc1ccc(C[S@](=O)CCC(=O)Nc2ccccc2)cc1. The molecule has 0 aliphatic carbocycles. The standard InChI is InChI=1S/C17H19NO2S/c1-14-7-9-15(10-8-14)13-21(20)12-11-17(19)18-16-5-3-2-4-6-16/h2-10H,11-13H2,1H3,(H,18,19)/t21-/m1/s1. The van der Waals surface area contributed by atoms with Gasteiger partial charge in [-0.3, -0.25) is 9.00 Å². The third kappa shape index (κ3) is 5.52. The molecule has 1 amide bonds. The maximum atomic E-state index is 12.0. The predicted octanol–water partition coefficient (Wildman–Crippen LogP) is 3.27. The number of benzene rings is 2. The maximum absolute atomic E-state index is 12.0. The van der Waals surface area contributed by atoms with Gasteiger partial charge >= 0.3 is 0 Å². The number of aryl methyl sites for hydroxylation is 1. The summed E-state index contributed by atoms with van der Waals surface area (Å²) < 4.78 is 12.0. The molecule has 0 saturated carbocycles. The van der Waals surface area contributed by atoms with E-state index < -0.39 is 10.8 Å². The first-order valence-corrected chi connectivity index (χ1v) is 8.38. The van der Waals surface area contributed by atoms with Crippen LogP contribution < -0.4 is 5.32 Å². The Morgan fingerprint density at radius 3 is 2.38 bits per heavy atom. The fourth-order valence-electron chi connectivity index (χ4n) is 1.89. The average molecular weight is 301 g/mol. The van der Waals surface area contributed by atoms with Gasteiger partial charge in [0.1, 0.15) is 0 Å². The van der Waals surface area contributed by atoms with Gasteiger partial charge < -0.3 is 5.32 Å². The zero-order chi connectivity index (χ0) is 15.1. The summed E-state index contributed by atoms with van der Waals surface area (Å²) in [4.78, 5) is 11.8. The molecule has 0 heterocycles. The Morgan fingerprint density at radius 2 is 1.71 bits per heavy atom. The molecule has 0 unspecified atom stereocenters. The van der Waals surface area contributed by atoms with Gasteiger partial charge in [-0.05, 0) is 24.6 Å². The largest absolute Gasteiger partial charge is 0.326 e. The molecule has 0 bridgehead atoms. The molecule has 110 valence electrons. The molecule has 4 heteroatoms. The molecule has 0 radical (unpaired) electrons. The van der Waals surface area contributed by atoms with Crippen LogP contribution in [0, 0.1) is 6.92 Å². The Bertz CT molecular complexity index is 608. The Balaban J connectivity index is 1.76. The molecule has 1 N–H and O–H groups in total.